The maximum Gasteiger partial charge on any atom is 0.155 e. The summed E-state index contributed by atoms with van der Waals surface area (Å²) in [6.45, 7) is 6.57. The lowest BCUT2D eigenvalue weighted by Gasteiger charge is -2.30. The molecule has 2 aliphatic rings. The second-order valence-electron chi connectivity index (χ2n) is 14.9. The largest absolute Gasteiger partial charge is 0.257 e. The fourth-order valence-electron chi connectivity index (χ4n) is 8.57. The summed E-state index contributed by atoms with van der Waals surface area (Å²) < 4.78 is 0. The summed E-state index contributed by atoms with van der Waals surface area (Å²) in [4.78, 5) is 10.6. The second kappa shape index (κ2) is 14.3. The maximum atomic E-state index is 10.1. The number of rotatable bonds is 7. The van der Waals surface area contributed by atoms with Crippen LogP contribution >= 0.6 is 0 Å². The zero-order valence-corrected chi connectivity index (χ0v) is 31.4. The van der Waals surface area contributed by atoms with Crippen molar-refractivity contribution in [3.05, 3.63) is 202 Å². The highest BCUT2D eigenvalue weighted by molar-refractivity contribution is 6.15. The third kappa shape index (κ3) is 6.41. The summed E-state index contributed by atoms with van der Waals surface area (Å²) in [6, 6.07) is 58.6. The third-order valence-corrected chi connectivity index (χ3v) is 11.3. The first kappa shape index (κ1) is 34.2. The van der Waals surface area contributed by atoms with Crippen LogP contribution in [-0.4, -0.2) is 11.5 Å². The van der Waals surface area contributed by atoms with E-state index in [1.807, 2.05) is 12.1 Å². The van der Waals surface area contributed by atoms with Crippen molar-refractivity contribution in [3.8, 4) is 50.6 Å². The minimum Gasteiger partial charge on any atom is -0.257 e. The molecule has 0 saturated carbocycles. The minimum absolute atomic E-state index is 0.0291. The summed E-state index contributed by atoms with van der Waals surface area (Å²) in [7, 11) is 0. The summed E-state index contributed by atoms with van der Waals surface area (Å²) in [6.07, 6.45) is 1.75. The Hall–Kier alpha value is -6.63. The fraction of sp³-hybridized carbons (Fsp3) is 0.135. The van der Waals surface area contributed by atoms with Crippen LogP contribution in [0.2, 0.25) is 0 Å². The molecule has 1 aliphatic heterocycles. The van der Waals surface area contributed by atoms with Crippen molar-refractivity contribution in [2.45, 2.75) is 39.7 Å². The van der Waals surface area contributed by atoms with Gasteiger partial charge in [-0.25, -0.2) is 4.99 Å². The van der Waals surface area contributed by atoms with Gasteiger partial charge < -0.3 is 0 Å². The Morgan fingerprint density at radius 1 is 0.564 bits per heavy atom. The number of amidine groups is 1. The summed E-state index contributed by atoms with van der Waals surface area (Å²) in [5, 5.41) is 10.1. The van der Waals surface area contributed by atoms with Gasteiger partial charge in [-0.2, -0.15) is 5.26 Å². The van der Waals surface area contributed by atoms with Crippen LogP contribution in [0.15, 0.2) is 168 Å². The lowest BCUT2D eigenvalue weighted by atomic mass is 9.82. The van der Waals surface area contributed by atoms with E-state index in [1.165, 1.54) is 55.6 Å². The zero-order chi connectivity index (χ0) is 37.5. The minimum atomic E-state index is -0.0291. The van der Waals surface area contributed by atoms with Crippen molar-refractivity contribution >= 4 is 11.5 Å². The first-order chi connectivity index (χ1) is 27.0. The Labute approximate surface area is 324 Å². The van der Waals surface area contributed by atoms with Crippen molar-refractivity contribution in [2.75, 3.05) is 0 Å². The van der Waals surface area contributed by atoms with Crippen molar-refractivity contribution in [1.82, 2.24) is 0 Å². The maximum absolute atomic E-state index is 10.1. The highest BCUT2D eigenvalue weighted by Gasteiger charge is 2.33. The number of nitrogens with zero attached hydrogens (tertiary/aromatic N) is 3. The molecule has 3 nitrogen and oxygen atoms in total. The average molecular weight is 708 g/mol. The molecule has 3 heteroatoms. The number of hydrogen-bond acceptors (Lipinski definition) is 3. The van der Waals surface area contributed by atoms with Gasteiger partial charge in [-0.1, -0.05) is 146 Å². The van der Waals surface area contributed by atoms with E-state index < -0.39 is 0 Å². The van der Waals surface area contributed by atoms with Crippen LogP contribution in [-0.2, 0) is 6.42 Å². The van der Waals surface area contributed by atoms with Crippen LogP contribution in [0.4, 0.5) is 0 Å². The lowest BCUT2D eigenvalue weighted by Crippen LogP contribution is -2.28. The molecule has 0 saturated heterocycles. The molecule has 7 aromatic rings. The van der Waals surface area contributed by atoms with Gasteiger partial charge in [0.2, 0.25) is 0 Å². The molecule has 0 radical (unpaired) electrons. The van der Waals surface area contributed by atoms with Crippen LogP contribution in [0.25, 0.3) is 44.5 Å². The smallest absolute Gasteiger partial charge is 0.155 e. The molecule has 1 aliphatic carbocycles. The molecule has 0 amide bonds. The van der Waals surface area contributed by atoms with Gasteiger partial charge in [-0.3, -0.25) is 4.99 Å². The van der Waals surface area contributed by atoms with Crippen LogP contribution in [0.3, 0.4) is 0 Å². The number of hydrogen-bond donors (Lipinski definition) is 0. The molecule has 7 aromatic carbocycles. The van der Waals surface area contributed by atoms with Crippen molar-refractivity contribution in [2.24, 2.45) is 15.9 Å². The van der Waals surface area contributed by atoms with Crippen molar-refractivity contribution in [3.63, 3.8) is 0 Å². The van der Waals surface area contributed by atoms with Gasteiger partial charge in [0.15, 0.2) is 5.84 Å². The SMILES string of the molecule is CCC1C(c2ccc3c(c2)-c2cc(C)cc(-c4cc(C#N)ccc4-c4cccc(-c5cccc(C)c5)c4)c2C3)=NC(c2ccccc2)=NC1c1ccccc1. The molecule has 9 rings (SSSR count). The van der Waals surface area contributed by atoms with E-state index >= 15 is 0 Å². The average Bonchev–Trinajstić information content (AvgIpc) is 3.61. The van der Waals surface area contributed by atoms with Crippen LogP contribution in [0, 0.1) is 31.1 Å². The molecule has 55 heavy (non-hydrogen) atoms. The Morgan fingerprint density at radius 2 is 1.25 bits per heavy atom. The van der Waals surface area contributed by atoms with Gasteiger partial charge in [0, 0.05) is 11.5 Å². The Kier molecular flexibility index (Phi) is 8.89. The molecule has 0 bridgehead atoms. The quantitative estimate of drug-likeness (QED) is 0.163. The molecule has 0 fully saturated rings. The van der Waals surface area contributed by atoms with Gasteiger partial charge in [-0.05, 0) is 123 Å². The highest BCUT2D eigenvalue weighted by Crippen LogP contribution is 2.46. The molecule has 0 aromatic heterocycles. The van der Waals surface area contributed by atoms with E-state index in [4.69, 9.17) is 9.98 Å². The van der Waals surface area contributed by atoms with E-state index in [2.05, 4.69) is 172 Å². The number of aliphatic imine (C=N–C) groups is 2. The van der Waals surface area contributed by atoms with Gasteiger partial charge in [0.25, 0.3) is 0 Å². The van der Waals surface area contributed by atoms with Crippen molar-refractivity contribution < 1.29 is 0 Å². The normalized spacial score (nSPS) is 15.7. The van der Waals surface area contributed by atoms with E-state index in [0.717, 1.165) is 52.2 Å². The molecule has 2 unspecified atom stereocenters. The standard InChI is InChI=1S/C52H41N3/c1-4-43-50(36-14-7-5-8-15-36)54-52(37-16-9-6-10-17-37)55-51(43)42-23-22-41-30-49-46(45(41)31-42)26-34(3)27-47(49)48-28-35(32-53)21-24-44(48)40-20-12-19-39(29-40)38-18-11-13-33(2)25-38/h5-29,31,43,50H,4,30H2,1-3H3. The van der Waals surface area contributed by atoms with Crippen LogP contribution < -0.4 is 0 Å². The van der Waals surface area contributed by atoms with Gasteiger partial charge in [-0.15, -0.1) is 0 Å². The van der Waals surface area contributed by atoms with E-state index in [1.54, 1.807) is 0 Å². The lowest BCUT2D eigenvalue weighted by molar-refractivity contribution is 0.532. The van der Waals surface area contributed by atoms with E-state index in [0.29, 0.717) is 5.56 Å². The molecular formula is C52H41N3. The summed E-state index contributed by atoms with van der Waals surface area (Å²) in [5.41, 5.74) is 19.6. The zero-order valence-electron chi connectivity index (χ0n) is 31.4. The summed E-state index contributed by atoms with van der Waals surface area (Å²) in [5.74, 6) is 0.915. The van der Waals surface area contributed by atoms with Crippen LogP contribution in [0.5, 0.6) is 0 Å². The van der Waals surface area contributed by atoms with E-state index in [9.17, 15) is 5.26 Å². The molecule has 264 valence electrons. The molecule has 2 atom stereocenters. The predicted molar refractivity (Wildman–Crippen MR) is 228 cm³/mol. The number of benzene rings is 7. The molecule has 1 heterocycles. The van der Waals surface area contributed by atoms with Gasteiger partial charge in [0.1, 0.15) is 0 Å². The Bertz CT molecular complexity index is 2700. The monoisotopic (exact) mass is 707 g/mol. The summed E-state index contributed by atoms with van der Waals surface area (Å²) >= 11 is 0. The molecular weight excluding hydrogens is 667 g/mol. The third-order valence-electron chi connectivity index (χ3n) is 11.3. The molecule has 0 spiro atoms. The molecule has 0 N–H and O–H groups in total. The Morgan fingerprint density at radius 3 is 2.00 bits per heavy atom. The number of fused-ring (bicyclic) bond motifs is 3. The number of nitriles is 1. The van der Waals surface area contributed by atoms with E-state index in [-0.39, 0.29) is 12.0 Å². The predicted octanol–water partition coefficient (Wildman–Crippen LogP) is 12.8. The second-order valence-corrected chi connectivity index (χ2v) is 14.9. The first-order valence-electron chi connectivity index (χ1n) is 19.2. The Balaban J connectivity index is 1.16. The van der Waals surface area contributed by atoms with Gasteiger partial charge >= 0.3 is 0 Å². The fourth-order valence-corrected chi connectivity index (χ4v) is 8.57. The topological polar surface area (TPSA) is 48.5 Å². The first-order valence-corrected chi connectivity index (χ1v) is 19.2. The van der Waals surface area contributed by atoms with Gasteiger partial charge in [0.05, 0.1) is 23.4 Å². The number of aryl methyl sites for hydroxylation is 2. The van der Waals surface area contributed by atoms with Crippen molar-refractivity contribution in [1.29, 1.82) is 5.26 Å². The highest BCUT2D eigenvalue weighted by atomic mass is 15.0. The van der Waals surface area contributed by atoms with Crippen LogP contribution in [0.1, 0.15) is 63.9 Å².